The maximum Gasteiger partial charge on any atom is 0.341 e. The van der Waals surface area contributed by atoms with Crippen LogP contribution in [-0.2, 0) is 11.3 Å². The van der Waals surface area contributed by atoms with Crippen LogP contribution in [0.4, 0.5) is 0 Å². The molecule has 2 aromatic rings. The smallest absolute Gasteiger partial charge is 0.341 e. The van der Waals surface area contributed by atoms with Crippen molar-refractivity contribution in [2.75, 3.05) is 26.7 Å². The molecule has 0 aliphatic carbocycles. The largest absolute Gasteiger partial charge is 0.465 e. The molecule has 1 fully saturated rings. The van der Waals surface area contributed by atoms with Crippen LogP contribution in [0.2, 0.25) is 0 Å². The first kappa shape index (κ1) is 18.4. The van der Waals surface area contributed by atoms with Gasteiger partial charge >= 0.3 is 5.97 Å². The second kappa shape index (κ2) is 8.28. The van der Waals surface area contributed by atoms with Gasteiger partial charge in [-0.1, -0.05) is 6.07 Å². The average molecular weight is 352 g/mol. The monoisotopic (exact) mass is 351 g/mol. The molecule has 0 bridgehead atoms. The summed E-state index contributed by atoms with van der Waals surface area (Å²) in [7, 11) is 1.38. The second-order valence-electron chi connectivity index (χ2n) is 5.65. The first-order valence-corrected chi connectivity index (χ1v) is 7.71. The van der Waals surface area contributed by atoms with Crippen LogP contribution in [0.25, 0.3) is 0 Å². The third kappa shape index (κ3) is 3.95. The Hall–Kier alpha value is -1.89. The fourth-order valence-electron chi connectivity index (χ4n) is 2.97. The van der Waals surface area contributed by atoms with E-state index in [4.69, 9.17) is 9.15 Å². The summed E-state index contributed by atoms with van der Waals surface area (Å²) in [5.41, 5.74) is 1.67. The Kier molecular flexibility index (Phi) is 6.36. The van der Waals surface area contributed by atoms with Gasteiger partial charge in [0.1, 0.15) is 17.1 Å². The molecule has 6 nitrogen and oxygen atoms in total. The van der Waals surface area contributed by atoms with Crippen molar-refractivity contribution in [3.63, 3.8) is 0 Å². The number of carbonyl (C=O) groups is 1. The van der Waals surface area contributed by atoms with E-state index in [1.54, 1.807) is 19.2 Å². The van der Waals surface area contributed by atoms with Gasteiger partial charge in [0.25, 0.3) is 0 Å². The fourth-order valence-corrected chi connectivity index (χ4v) is 2.97. The first-order chi connectivity index (χ1) is 11.2. The Labute approximate surface area is 147 Å². The van der Waals surface area contributed by atoms with Crippen molar-refractivity contribution in [2.45, 2.75) is 19.5 Å². The van der Waals surface area contributed by atoms with Gasteiger partial charge in [-0.05, 0) is 24.6 Å². The number of pyridine rings is 1. The number of furan rings is 1. The fraction of sp³-hybridized carbons (Fsp3) is 0.412. The third-order valence-corrected chi connectivity index (χ3v) is 4.16. The van der Waals surface area contributed by atoms with E-state index in [9.17, 15) is 4.79 Å². The number of carbonyl (C=O) groups excluding carboxylic acids is 1. The number of piperazine rings is 1. The normalized spacial score (nSPS) is 18.0. The number of ether oxygens (including phenoxy) is 1. The number of hydrogen-bond donors (Lipinski definition) is 1. The Morgan fingerprint density at radius 2 is 2.38 bits per heavy atom. The minimum atomic E-state index is -0.360. The Balaban J connectivity index is 0.00000208. The lowest BCUT2D eigenvalue weighted by atomic mass is 10.1. The van der Waals surface area contributed by atoms with Gasteiger partial charge in [0.2, 0.25) is 0 Å². The summed E-state index contributed by atoms with van der Waals surface area (Å²) < 4.78 is 10.5. The molecule has 1 aliphatic rings. The predicted octanol–water partition coefficient (Wildman–Crippen LogP) is 2.34. The molecule has 0 spiro atoms. The molecule has 2 aromatic heterocycles. The number of halogens is 1. The summed E-state index contributed by atoms with van der Waals surface area (Å²) in [4.78, 5) is 18.3. The molecular weight excluding hydrogens is 330 g/mol. The molecule has 1 atom stereocenters. The SMILES string of the molecule is COC(=O)c1cc(CN2CCNCC2c2cccnc2)oc1C.Cl. The predicted molar refractivity (Wildman–Crippen MR) is 92.3 cm³/mol. The van der Waals surface area contributed by atoms with Crippen molar-refractivity contribution in [1.82, 2.24) is 15.2 Å². The van der Waals surface area contributed by atoms with E-state index in [0.717, 1.165) is 25.4 Å². The highest BCUT2D eigenvalue weighted by atomic mass is 35.5. The quantitative estimate of drug-likeness (QED) is 0.853. The Morgan fingerprint density at radius 3 is 3.08 bits per heavy atom. The van der Waals surface area contributed by atoms with Crippen molar-refractivity contribution in [3.05, 3.63) is 53.2 Å². The van der Waals surface area contributed by atoms with Gasteiger partial charge in [-0.2, -0.15) is 0 Å². The molecular formula is C17H22ClN3O3. The van der Waals surface area contributed by atoms with Gasteiger partial charge in [0.15, 0.2) is 0 Å². The average Bonchev–Trinajstić information content (AvgIpc) is 2.96. The van der Waals surface area contributed by atoms with Crippen molar-refractivity contribution in [1.29, 1.82) is 0 Å². The van der Waals surface area contributed by atoms with Crippen LogP contribution in [0.3, 0.4) is 0 Å². The minimum Gasteiger partial charge on any atom is -0.465 e. The van der Waals surface area contributed by atoms with Gasteiger partial charge in [0, 0.05) is 38.1 Å². The lowest BCUT2D eigenvalue weighted by Gasteiger charge is -2.35. The maximum atomic E-state index is 11.7. The zero-order valence-corrected chi connectivity index (χ0v) is 14.6. The van der Waals surface area contributed by atoms with Gasteiger partial charge in [-0.25, -0.2) is 4.79 Å². The lowest BCUT2D eigenvalue weighted by Crippen LogP contribution is -2.45. The van der Waals surface area contributed by atoms with Crippen molar-refractivity contribution in [2.24, 2.45) is 0 Å². The maximum absolute atomic E-state index is 11.7. The van der Waals surface area contributed by atoms with E-state index in [-0.39, 0.29) is 24.4 Å². The summed E-state index contributed by atoms with van der Waals surface area (Å²) in [6.07, 6.45) is 3.68. The number of hydrogen-bond acceptors (Lipinski definition) is 6. The molecule has 1 aliphatic heterocycles. The molecule has 1 N–H and O–H groups in total. The molecule has 7 heteroatoms. The number of nitrogens with zero attached hydrogens (tertiary/aromatic N) is 2. The van der Waals surface area contributed by atoms with E-state index in [1.807, 2.05) is 12.3 Å². The van der Waals surface area contributed by atoms with E-state index in [2.05, 4.69) is 21.3 Å². The van der Waals surface area contributed by atoms with Gasteiger partial charge < -0.3 is 14.5 Å². The highest BCUT2D eigenvalue weighted by Gasteiger charge is 2.26. The molecule has 1 unspecified atom stereocenters. The van der Waals surface area contributed by atoms with Gasteiger partial charge in [-0.3, -0.25) is 9.88 Å². The number of esters is 1. The second-order valence-corrected chi connectivity index (χ2v) is 5.65. The third-order valence-electron chi connectivity index (χ3n) is 4.16. The summed E-state index contributed by atoms with van der Waals surface area (Å²) in [6.45, 7) is 5.15. The molecule has 0 amide bonds. The van der Waals surface area contributed by atoms with Crippen molar-refractivity contribution in [3.8, 4) is 0 Å². The molecule has 3 rings (SSSR count). The highest BCUT2D eigenvalue weighted by Crippen LogP contribution is 2.25. The van der Waals surface area contributed by atoms with Crippen molar-refractivity contribution < 1.29 is 13.9 Å². The number of rotatable bonds is 4. The zero-order chi connectivity index (χ0) is 16.2. The molecule has 24 heavy (non-hydrogen) atoms. The topological polar surface area (TPSA) is 67.6 Å². The zero-order valence-electron chi connectivity index (χ0n) is 13.8. The number of methoxy groups -OCH3 is 1. The molecule has 0 radical (unpaired) electrons. The van der Waals surface area contributed by atoms with Crippen molar-refractivity contribution >= 4 is 18.4 Å². The number of aryl methyl sites for hydroxylation is 1. The van der Waals surface area contributed by atoms with E-state index >= 15 is 0 Å². The minimum absolute atomic E-state index is 0. The van der Waals surface area contributed by atoms with Crippen LogP contribution < -0.4 is 5.32 Å². The summed E-state index contributed by atoms with van der Waals surface area (Å²) in [6, 6.07) is 6.06. The molecule has 130 valence electrons. The first-order valence-electron chi connectivity index (χ1n) is 7.71. The Morgan fingerprint density at radius 1 is 1.54 bits per heavy atom. The summed E-state index contributed by atoms with van der Waals surface area (Å²) in [5, 5.41) is 3.42. The molecule has 0 saturated carbocycles. The standard InChI is InChI=1S/C17H21N3O3.ClH/c1-12-15(17(21)22-2)8-14(23-12)11-20-7-6-19-10-16(20)13-4-3-5-18-9-13;/h3-5,8-9,16,19H,6-7,10-11H2,1-2H3;1H. The highest BCUT2D eigenvalue weighted by molar-refractivity contribution is 5.90. The van der Waals surface area contributed by atoms with Crippen LogP contribution in [-0.4, -0.2) is 42.6 Å². The van der Waals surface area contributed by atoms with Crippen LogP contribution >= 0.6 is 12.4 Å². The lowest BCUT2D eigenvalue weighted by molar-refractivity contribution is 0.0599. The molecule has 0 aromatic carbocycles. The number of nitrogens with one attached hydrogen (secondary N) is 1. The van der Waals surface area contributed by atoms with Crippen LogP contribution in [0.15, 0.2) is 35.0 Å². The van der Waals surface area contributed by atoms with E-state index in [1.165, 1.54) is 12.7 Å². The van der Waals surface area contributed by atoms with Gasteiger partial charge in [0.05, 0.1) is 13.7 Å². The van der Waals surface area contributed by atoms with Crippen LogP contribution in [0.5, 0.6) is 0 Å². The summed E-state index contributed by atoms with van der Waals surface area (Å²) >= 11 is 0. The van der Waals surface area contributed by atoms with Crippen LogP contribution in [0, 0.1) is 6.92 Å². The molecule has 1 saturated heterocycles. The van der Waals surface area contributed by atoms with E-state index < -0.39 is 0 Å². The van der Waals surface area contributed by atoms with E-state index in [0.29, 0.717) is 17.9 Å². The van der Waals surface area contributed by atoms with Gasteiger partial charge in [-0.15, -0.1) is 12.4 Å². The van der Waals surface area contributed by atoms with Crippen LogP contribution in [0.1, 0.15) is 33.5 Å². The Bertz CT molecular complexity index is 675. The number of aromatic nitrogens is 1. The molecule has 3 heterocycles. The summed E-state index contributed by atoms with van der Waals surface area (Å²) in [5.74, 6) is 1.01.